The number of piperidine rings is 1. The molecule has 158 valence electrons. The van der Waals surface area contributed by atoms with Gasteiger partial charge in [-0.25, -0.2) is 9.40 Å². The monoisotopic (exact) mass is 423 g/mol. The maximum absolute atomic E-state index is 13.5. The second kappa shape index (κ2) is 7.06. The first kappa shape index (κ1) is 19.5. The number of hydrogen-bond acceptors (Lipinski definition) is 6. The topological polar surface area (TPSA) is 77.7 Å². The van der Waals surface area contributed by atoms with E-state index in [2.05, 4.69) is 33.4 Å². The summed E-state index contributed by atoms with van der Waals surface area (Å²) >= 11 is 5.66. The van der Waals surface area contributed by atoms with Gasteiger partial charge in [0, 0.05) is 42.7 Å². The van der Waals surface area contributed by atoms with Gasteiger partial charge in [-0.3, -0.25) is 15.5 Å². The van der Waals surface area contributed by atoms with Gasteiger partial charge in [0.15, 0.2) is 6.61 Å². The van der Waals surface area contributed by atoms with Crippen LogP contribution >= 0.6 is 11.6 Å². The summed E-state index contributed by atoms with van der Waals surface area (Å²) in [5.41, 5.74) is 3.56. The highest BCUT2D eigenvalue weighted by molar-refractivity contribution is 6.30. The third-order valence-corrected chi connectivity index (χ3v) is 7.10. The van der Waals surface area contributed by atoms with Gasteiger partial charge in [-0.15, -0.1) is 0 Å². The SMILES string of the molecule is CN1CC2C(CCNC2NC23CC(NC(=O)COc4ccc(Cl)c(F)c4)(C2)C3)N1. The molecule has 0 radical (unpaired) electrons. The molecule has 5 fully saturated rings. The molecule has 2 bridgehead atoms. The first-order valence-corrected chi connectivity index (χ1v) is 10.6. The van der Waals surface area contributed by atoms with Crippen LogP contribution in [0.2, 0.25) is 5.02 Å². The lowest BCUT2D eigenvalue weighted by molar-refractivity contribution is -0.146. The smallest absolute Gasteiger partial charge is 0.258 e. The predicted molar refractivity (Wildman–Crippen MR) is 107 cm³/mol. The number of carbonyl (C=O) groups is 1. The molecule has 29 heavy (non-hydrogen) atoms. The number of nitrogens with zero attached hydrogens (tertiary/aromatic N) is 1. The van der Waals surface area contributed by atoms with E-state index in [1.54, 1.807) is 6.07 Å². The Kier molecular flexibility index (Phi) is 4.75. The molecule has 6 rings (SSSR count). The van der Waals surface area contributed by atoms with Gasteiger partial charge in [-0.2, -0.15) is 0 Å². The van der Waals surface area contributed by atoms with Crippen molar-refractivity contribution in [3.63, 3.8) is 0 Å². The number of amides is 1. The summed E-state index contributed by atoms with van der Waals surface area (Å²) in [5, 5.41) is 12.8. The van der Waals surface area contributed by atoms with Crippen molar-refractivity contribution in [3.8, 4) is 5.75 Å². The van der Waals surface area contributed by atoms with E-state index in [9.17, 15) is 9.18 Å². The van der Waals surface area contributed by atoms with E-state index >= 15 is 0 Å². The number of ether oxygens (including phenoxy) is 1. The standard InChI is InChI=1S/C20H27ClFN5O2/c1-27-7-13-16(26-27)4-5-23-18(13)25-20-9-19(10-20,11-20)24-17(28)8-29-12-2-3-14(21)15(22)6-12/h2-3,6,13,16,18,23,25-26H,4-5,7-11H2,1H3,(H,24,28). The Morgan fingerprint density at radius 3 is 2.93 bits per heavy atom. The van der Waals surface area contributed by atoms with E-state index in [1.807, 2.05) is 0 Å². The zero-order valence-electron chi connectivity index (χ0n) is 16.4. The Labute approximate surface area is 174 Å². The van der Waals surface area contributed by atoms with Crippen molar-refractivity contribution >= 4 is 17.5 Å². The van der Waals surface area contributed by atoms with Gasteiger partial charge in [0.1, 0.15) is 11.6 Å². The average Bonchev–Trinajstić information content (AvgIpc) is 3.01. The molecule has 0 aromatic heterocycles. The van der Waals surface area contributed by atoms with Gasteiger partial charge in [0.05, 0.1) is 11.2 Å². The Hall–Kier alpha value is -1.45. The maximum Gasteiger partial charge on any atom is 0.258 e. The van der Waals surface area contributed by atoms with Gasteiger partial charge in [-0.1, -0.05) is 11.6 Å². The van der Waals surface area contributed by atoms with Crippen LogP contribution in [-0.2, 0) is 4.79 Å². The van der Waals surface area contributed by atoms with Crippen molar-refractivity contribution in [2.45, 2.75) is 49.0 Å². The van der Waals surface area contributed by atoms with Crippen molar-refractivity contribution < 1.29 is 13.9 Å². The molecule has 1 aromatic rings. The number of halogens is 2. The van der Waals surface area contributed by atoms with E-state index in [1.165, 1.54) is 12.1 Å². The fourth-order valence-corrected chi connectivity index (χ4v) is 5.76. The highest BCUT2D eigenvalue weighted by Gasteiger charge is 2.69. The van der Waals surface area contributed by atoms with Gasteiger partial charge in [0.2, 0.25) is 0 Å². The number of rotatable bonds is 6. The Morgan fingerprint density at radius 2 is 2.17 bits per heavy atom. The number of benzene rings is 1. The van der Waals surface area contributed by atoms with Crippen LogP contribution in [-0.4, -0.2) is 60.9 Å². The lowest BCUT2D eigenvalue weighted by atomic mass is 9.44. The van der Waals surface area contributed by atoms with Crippen LogP contribution in [0.5, 0.6) is 5.75 Å². The summed E-state index contributed by atoms with van der Waals surface area (Å²) in [5.74, 6) is 0.123. The fraction of sp³-hybridized carbons (Fsp3) is 0.650. The summed E-state index contributed by atoms with van der Waals surface area (Å²) in [4.78, 5) is 12.3. The molecule has 0 spiro atoms. The van der Waals surface area contributed by atoms with Gasteiger partial charge < -0.3 is 15.4 Å². The summed E-state index contributed by atoms with van der Waals surface area (Å²) in [7, 11) is 2.10. The van der Waals surface area contributed by atoms with Crippen LogP contribution in [0.4, 0.5) is 4.39 Å². The highest BCUT2D eigenvalue weighted by atomic mass is 35.5. The minimum Gasteiger partial charge on any atom is -0.484 e. The first-order valence-electron chi connectivity index (χ1n) is 10.2. The zero-order valence-corrected chi connectivity index (χ0v) is 17.2. The molecule has 3 atom stereocenters. The number of fused-ring (bicyclic) bond motifs is 1. The quantitative estimate of drug-likeness (QED) is 0.546. The molecular formula is C20H27ClFN5O2. The van der Waals surface area contributed by atoms with E-state index in [0.29, 0.717) is 23.9 Å². The molecule has 7 nitrogen and oxygen atoms in total. The fourth-order valence-electron chi connectivity index (χ4n) is 5.65. The van der Waals surface area contributed by atoms with Crippen LogP contribution in [0.25, 0.3) is 0 Å². The third-order valence-electron chi connectivity index (χ3n) is 6.79. The van der Waals surface area contributed by atoms with Crippen LogP contribution in [0.3, 0.4) is 0 Å². The average molecular weight is 424 g/mol. The zero-order chi connectivity index (χ0) is 20.2. The molecule has 2 saturated heterocycles. The molecule has 1 aromatic carbocycles. The minimum atomic E-state index is -0.556. The normalized spacial score (nSPS) is 38.0. The largest absolute Gasteiger partial charge is 0.484 e. The molecule has 3 unspecified atom stereocenters. The van der Waals surface area contributed by atoms with Crippen molar-refractivity contribution in [3.05, 3.63) is 29.0 Å². The molecule has 4 N–H and O–H groups in total. The van der Waals surface area contributed by atoms with Crippen molar-refractivity contribution in [2.24, 2.45) is 5.92 Å². The summed E-state index contributed by atoms with van der Waals surface area (Å²) in [6.07, 6.45) is 4.29. The summed E-state index contributed by atoms with van der Waals surface area (Å²) in [6.45, 7) is 1.92. The van der Waals surface area contributed by atoms with E-state index < -0.39 is 5.82 Å². The van der Waals surface area contributed by atoms with Crippen LogP contribution in [0.1, 0.15) is 25.7 Å². The minimum absolute atomic E-state index is 0.0345. The number of hydrogen-bond donors (Lipinski definition) is 4. The lowest BCUT2D eigenvalue weighted by Crippen LogP contribution is -2.85. The Morgan fingerprint density at radius 1 is 1.38 bits per heavy atom. The van der Waals surface area contributed by atoms with Crippen molar-refractivity contribution in [1.29, 1.82) is 0 Å². The number of hydrazine groups is 1. The van der Waals surface area contributed by atoms with Crippen LogP contribution in [0.15, 0.2) is 18.2 Å². The molecule has 5 aliphatic rings. The van der Waals surface area contributed by atoms with Crippen molar-refractivity contribution in [1.82, 2.24) is 26.4 Å². The molecule has 9 heteroatoms. The van der Waals surface area contributed by atoms with E-state index in [4.69, 9.17) is 16.3 Å². The number of carbonyl (C=O) groups excluding carboxylic acids is 1. The molecule has 2 aliphatic heterocycles. The van der Waals surface area contributed by atoms with E-state index in [-0.39, 0.29) is 28.6 Å². The summed E-state index contributed by atoms with van der Waals surface area (Å²) in [6, 6.07) is 4.70. The lowest BCUT2D eigenvalue weighted by Gasteiger charge is -2.71. The van der Waals surface area contributed by atoms with Crippen LogP contribution in [0, 0.1) is 11.7 Å². The molecule has 3 aliphatic carbocycles. The third kappa shape index (κ3) is 3.61. The predicted octanol–water partition coefficient (Wildman–Crippen LogP) is 0.993. The second-order valence-electron chi connectivity index (χ2n) is 9.15. The summed E-state index contributed by atoms with van der Waals surface area (Å²) < 4.78 is 18.8. The highest BCUT2D eigenvalue weighted by Crippen LogP contribution is 2.60. The van der Waals surface area contributed by atoms with Crippen molar-refractivity contribution in [2.75, 3.05) is 26.7 Å². The molecule has 3 saturated carbocycles. The van der Waals surface area contributed by atoms with Gasteiger partial charge in [-0.05, 0) is 44.4 Å². The Bertz CT molecular complexity index is 804. The molecule has 2 heterocycles. The van der Waals surface area contributed by atoms with Gasteiger partial charge >= 0.3 is 0 Å². The number of nitrogens with one attached hydrogen (secondary N) is 4. The Balaban J connectivity index is 1.09. The van der Waals surface area contributed by atoms with Crippen LogP contribution < -0.4 is 26.1 Å². The molecule has 1 amide bonds. The second-order valence-corrected chi connectivity index (χ2v) is 9.56. The molecular weight excluding hydrogens is 397 g/mol. The maximum atomic E-state index is 13.5. The van der Waals surface area contributed by atoms with Gasteiger partial charge in [0.25, 0.3) is 5.91 Å². The first-order chi connectivity index (χ1) is 13.9. The van der Waals surface area contributed by atoms with E-state index in [0.717, 1.165) is 38.8 Å².